The van der Waals surface area contributed by atoms with Gasteiger partial charge in [0, 0.05) is 12.6 Å². The molecule has 1 heterocycles. The molecule has 3 nitrogen and oxygen atoms in total. The first-order valence-corrected chi connectivity index (χ1v) is 6.84. The fraction of sp³-hybridized carbons (Fsp3) is 1.00. The molecule has 0 radical (unpaired) electrons. The van der Waals surface area contributed by atoms with Crippen LogP contribution < -0.4 is 0 Å². The minimum Gasteiger partial charge on any atom is -0.395 e. The summed E-state index contributed by atoms with van der Waals surface area (Å²) in [7, 11) is 4.09. The molecule has 3 heteroatoms. The van der Waals surface area contributed by atoms with Gasteiger partial charge in [-0.1, -0.05) is 20.8 Å². The largest absolute Gasteiger partial charge is 0.395 e. The molecule has 1 aliphatic heterocycles. The lowest BCUT2D eigenvalue weighted by molar-refractivity contribution is 0.0742. The molecule has 0 bridgehead atoms. The van der Waals surface area contributed by atoms with Gasteiger partial charge in [0.05, 0.1) is 6.61 Å². The van der Waals surface area contributed by atoms with E-state index in [0.717, 1.165) is 12.5 Å². The Hall–Kier alpha value is -0.120. The molecule has 0 spiro atoms. The molecule has 1 rings (SSSR count). The lowest BCUT2D eigenvalue weighted by atomic mass is 9.75. The smallest absolute Gasteiger partial charge is 0.0599 e. The van der Waals surface area contributed by atoms with Crippen LogP contribution in [0.25, 0.3) is 0 Å². The van der Waals surface area contributed by atoms with Crippen LogP contribution in [-0.4, -0.2) is 61.3 Å². The Morgan fingerprint density at radius 1 is 1.24 bits per heavy atom. The summed E-state index contributed by atoms with van der Waals surface area (Å²) < 4.78 is 0. The molecule has 1 fully saturated rings. The standard InChI is InChI=1S/C14H30N2O/c1-14(2,3)12-6-8-16(9-7-12)10-13(11-17)15(4)5/h12-13,17H,6-11H2,1-5H3. The van der Waals surface area contributed by atoms with Gasteiger partial charge in [-0.3, -0.25) is 0 Å². The van der Waals surface area contributed by atoms with Crippen molar-refractivity contribution in [1.29, 1.82) is 0 Å². The average molecular weight is 242 g/mol. The van der Waals surface area contributed by atoms with Gasteiger partial charge in [0.15, 0.2) is 0 Å². The van der Waals surface area contributed by atoms with Crippen LogP contribution in [0.3, 0.4) is 0 Å². The number of aliphatic hydroxyl groups excluding tert-OH is 1. The van der Waals surface area contributed by atoms with Crippen molar-refractivity contribution in [1.82, 2.24) is 9.80 Å². The van der Waals surface area contributed by atoms with Crippen LogP contribution in [0.5, 0.6) is 0 Å². The van der Waals surface area contributed by atoms with Gasteiger partial charge in [-0.2, -0.15) is 0 Å². The van der Waals surface area contributed by atoms with Crippen molar-refractivity contribution in [3.63, 3.8) is 0 Å². The number of hydrogen-bond donors (Lipinski definition) is 1. The second-order valence-corrected chi connectivity index (χ2v) is 6.74. The molecule has 1 saturated heterocycles. The molecule has 17 heavy (non-hydrogen) atoms. The van der Waals surface area contributed by atoms with E-state index in [9.17, 15) is 5.11 Å². The highest BCUT2D eigenvalue weighted by Gasteiger charge is 2.29. The molecule has 0 aromatic rings. The zero-order valence-electron chi connectivity index (χ0n) is 12.2. The second kappa shape index (κ2) is 6.17. The number of likely N-dealkylation sites (N-methyl/N-ethyl adjacent to an activating group) is 1. The average Bonchev–Trinajstić information content (AvgIpc) is 2.25. The Morgan fingerprint density at radius 2 is 1.76 bits per heavy atom. The molecule has 0 amide bonds. The number of likely N-dealkylation sites (tertiary alicyclic amines) is 1. The topological polar surface area (TPSA) is 26.7 Å². The fourth-order valence-electron chi connectivity index (χ4n) is 2.66. The van der Waals surface area contributed by atoms with Gasteiger partial charge in [-0.05, 0) is 51.4 Å². The minimum absolute atomic E-state index is 0.256. The second-order valence-electron chi connectivity index (χ2n) is 6.74. The first-order chi connectivity index (χ1) is 7.84. The van der Waals surface area contributed by atoms with E-state index in [1.807, 2.05) is 14.1 Å². The Balaban J connectivity index is 2.37. The van der Waals surface area contributed by atoms with E-state index in [1.165, 1.54) is 25.9 Å². The van der Waals surface area contributed by atoms with Gasteiger partial charge in [0.2, 0.25) is 0 Å². The summed E-state index contributed by atoms with van der Waals surface area (Å²) in [6.45, 7) is 10.7. The third kappa shape index (κ3) is 4.57. The molecule has 0 aromatic heterocycles. The monoisotopic (exact) mass is 242 g/mol. The molecule has 1 unspecified atom stereocenters. The van der Waals surface area contributed by atoms with Crippen molar-refractivity contribution in [2.75, 3.05) is 40.3 Å². The van der Waals surface area contributed by atoms with Gasteiger partial charge < -0.3 is 14.9 Å². The summed E-state index contributed by atoms with van der Waals surface area (Å²) in [6.07, 6.45) is 2.60. The van der Waals surface area contributed by atoms with E-state index in [4.69, 9.17) is 0 Å². The van der Waals surface area contributed by atoms with Crippen molar-refractivity contribution < 1.29 is 5.11 Å². The summed E-state index contributed by atoms with van der Waals surface area (Å²) >= 11 is 0. The van der Waals surface area contributed by atoms with Crippen LogP contribution in [-0.2, 0) is 0 Å². The highest BCUT2D eigenvalue weighted by atomic mass is 16.3. The molecular weight excluding hydrogens is 212 g/mol. The Kier molecular flexibility index (Phi) is 5.42. The van der Waals surface area contributed by atoms with Gasteiger partial charge >= 0.3 is 0 Å². The van der Waals surface area contributed by atoms with Gasteiger partial charge in [-0.25, -0.2) is 0 Å². The first kappa shape index (κ1) is 14.9. The molecule has 0 saturated carbocycles. The van der Waals surface area contributed by atoms with Crippen LogP contribution in [0.4, 0.5) is 0 Å². The quantitative estimate of drug-likeness (QED) is 0.812. The summed E-state index contributed by atoms with van der Waals surface area (Å²) in [5.74, 6) is 0.852. The van der Waals surface area contributed by atoms with E-state index in [2.05, 4.69) is 30.6 Å². The number of aliphatic hydroxyl groups is 1. The normalized spacial score (nSPS) is 22.1. The van der Waals surface area contributed by atoms with Crippen molar-refractivity contribution in [2.24, 2.45) is 11.3 Å². The van der Waals surface area contributed by atoms with Crippen LogP contribution >= 0.6 is 0 Å². The van der Waals surface area contributed by atoms with Crippen molar-refractivity contribution in [3.8, 4) is 0 Å². The molecule has 1 aliphatic rings. The Morgan fingerprint density at radius 3 is 2.12 bits per heavy atom. The predicted octanol–water partition coefficient (Wildman–Crippen LogP) is 1.67. The fourth-order valence-corrected chi connectivity index (χ4v) is 2.66. The van der Waals surface area contributed by atoms with Crippen molar-refractivity contribution >= 4 is 0 Å². The molecule has 0 aromatic carbocycles. The van der Waals surface area contributed by atoms with Crippen molar-refractivity contribution in [2.45, 2.75) is 39.7 Å². The maximum absolute atomic E-state index is 9.34. The SMILES string of the molecule is CN(C)C(CO)CN1CCC(C(C)(C)C)CC1. The van der Waals surface area contributed by atoms with Crippen molar-refractivity contribution in [3.05, 3.63) is 0 Å². The third-order valence-corrected chi connectivity index (χ3v) is 4.22. The van der Waals surface area contributed by atoms with E-state index < -0.39 is 0 Å². The van der Waals surface area contributed by atoms with Crippen LogP contribution in [0.2, 0.25) is 0 Å². The highest BCUT2D eigenvalue weighted by Crippen LogP contribution is 2.34. The minimum atomic E-state index is 0.256. The van der Waals surface area contributed by atoms with Gasteiger partial charge in [0.1, 0.15) is 0 Å². The van der Waals surface area contributed by atoms with Gasteiger partial charge in [-0.15, -0.1) is 0 Å². The first-order valence-electron chi connectivity index (χ1n) is 6.84. The van der Waals surface area contributed by atoms with Gasteiger partial charge in [0.25, 0.3) is 0 Å². The number of nitrogens with zero attached hydrogens (tertiary/aromatic N) is 2. The maximum Gasteiger partial charge on any atom is 0.0599 e. The molecular formula is C14H30N2O. The van der Waals surface area contributed by atoms with Crippen LogP contribution in [0.15, 0.2) is 0 Å². The lowest BCUT2D eigenvalue weighted by Gasteiger charge is -2.40. The molecule has 1 atom stereocenters. The Bertz CT molecular complexity index is 215. The Labute approximate surface area is 107 Å². The summed E-state index contributed by atoms with van der Waals surface area (Å²) in [5, 5.41) is 9.34. The molecule has 102 valence electrons. The third-order valence-electron chi connectivity index (χ3n) is 4.22. The number of piperidine rings is 1. The maximum atomic E-state index is 9.34. The summed E-state index contributed by atoms with van der Waals surface area (Å²) in [6, 6.07) is 0.279. The lowest BCUT2D eigenvalue weighted by Crippen LogP contribution is -2.46. The van der Waals surface area contributed by atoms with Crippen LogP contribution in [0.1, 0.15) is 33.6 Å². The zero-order valence-corrected chi connectivity index (χ0v) is 12.2. The van der Waals surface area contributed by atoms with E-state index in [-0.39, 0.29) is 12.6 Å². The van der Waals surface area contributed by atoms with Crippen LogP contribution in [0, 0.1) is 11.3 Å². The summed E-state index contributed by atoms with van der Waals surface area (Å²) in [4.78, 5) is 4.62. The summed E-state index contributed by atoms with van der Waals surface area (Å²) in [5.41, 5.74) is 0.448. The highest BCUT2D eigenvalue weighted by molar-refractivity contribution is 4.82. The number of rotatable bonds is 4. The predicted molar refractivity (Wildman–Crippen MR) is 73.2 cm³/mol. The number of hydrogen-bond acceptors (Lipinski definition) is 3. The molecule has 1 N–H and O–H groups in total. The van der Waals surface area contributed by atoms with E-state index >= 15 is 0 Å². The molecule has 0 aliphatic carbocycles. The van der Waals surface area contributed by atoms with E-state index in [1.54, 1.807) is 0 Å². The zero-order chi connectivity index (χ0) is 13.1. The van der Waals surface area contributed by atoms with E-state index in [0.29, 0.717) is 5.41 Å².